The number of halogens is 1. The number of anilines is 1. The van der Waals surface area contributed by atoms with E-state index < -0.39 is 0 Å². The Labute approximate surface area is 153 Å². The minimum atomic E-state index is -0.214. The van der Waals surface area contributed by atoms with Crippen LogP contribution in [0.15, 0.2) is 40.9 Å². The lowest BCUT2D eigenvalue weighted by Gasteiger charge is -2.25. The van der Waals surface area contributed by atoms with Crippen LogP contribution in [0.25, 0.3) is 0 Å². The van der Waals surface area contributed by atoms with Crippen LogP contribution in [-0.2, 0) is 11.3 Å². The summed E-state index contributed by atoms with van der Waals surface area (Å²) in [6.07, 6.45) is 0. The summed E-state index contributed by atoms with van der Waals surface area (Å²) in [5.41, 5.74) is 5.52. The topological polar surface area (TPSA) is 32.3 Å². The Balaban J connectivity index is 2.05. The van der Waals surface area contributed by atoms with Gasteiger partial charge in [-0.05, 0) is 63.6 Å². The number of nitrogens with zero attached hydrogens (tertiary/aromatic N) is 1. The van der Waals surface area contributed by atoms with E-state index in [1.807, 2.05) is 40.0 Å². The molecule has 0 aromatic heterocycles. The molecule has 0 unspecified atom stereocenters. The van der Waals surface area contributed by atoms with Crippen LogP contribution in [0, 0.1) is 20.8 Å². The predicted octanol–water partition coefficient (Wildman–Crippen LogP) is 4.83. The first-order valence-electron chi connectivity index (χ1n) is 8.11. The molecular formula is C20H25BrN2O. The lowest BCUT2D eigenvalue weighted by molar-refractivity contribution is -0.120. The molecule has 2 aromatic rings. The van der Waals surface area contributed by atoms with Gasteiger partial charge in [-0.1, -0.05) is 45.8 Å². The van der Waals surface area contributed by atoms with Gasteiger partial charge in [-0.15, -0.1) is 0 Å². The number of benzene rings is 2. The molecule has 0 spiro atoms. The van der Waals surface area contributed by atoms with Crippen LogP contribution >= 0.6 is 15.9 Å². The highest BCUT2D eigenvalue weighted by molar-refractivity contribution is 9.10. The van der Waals surface area contributed by atoms with Gasteiger partial charge in [0.05, 0.1) is 6.04 Å². The van der Waals surface area contributed by atoms with Crippen LogP contribution in [-0.4, -0.2) is 23.9 Å². The number of carbonyl (C=O) groups excluding carboxylic acids is 1. The van der Waals surface area contributed by atoms with E-state index in [0.29, 0.717) is 0 Å². The van der Waals surface area contributed by atoms with E-state index >= 15 is 0 Å². The van der Waals surface area contributed by atoms with Gasteiger partial charge in [0.25, 0.3) is 0 Å². The molecule has 0 saturated heterocycles. The molecule has 3 nitrogen and oxygen atoms in total. The van der Waals surface area contributed by atoms with E-state index in [1.165, 1.54) is 11.1 Å². The Bertz CT molecular complexity index is 702. The molecule has 0 heterocycles. The number of nitrogens with one attached hydrogen (secondary N) is 1. The number of aryl methyl sites for hydroxylation is 3. The van der Waals surface area contributed by atoms with Gasteiger partial charge in [0.15, 0.2) is 0 Å². The lowest BCUT2D eigenvalue weighted by Crippen LogP contribution is -2.39. The highest BCUT2D eigenvalue weighted by atomic mass is 79.9. The molecule has 128 valence electrons. The van der Waals surface area contributed by atoms with Crippen molar-refractivity contribution >= 4 is 27.5 Å². The average molecular weight is 389 g/mol. The fourth-order valence-corrected chi connectivity index (χ4v) is 3.08. The molecule has 0 radical (unpaired) electrons. The summed E-state index contributed by atoms with van der Waals surface area (Å²) in [5.74, 6) is 0.0182. The third-order valence-corrected chi connectivity index (χ3v) is 4.84. The fraction of sp³-hybridized carbons (Fsp3) is 0.350. The fourth-order valence-electron chi connectivity index (χ4n) is 2.82. The Morgan fingerprint density at radius 1 is 1.12 bits per heavy atom. The van der Waals surface area contributed by atoms with E-state index in [0.717, 1.165) is 27.8 Å². The van der Waals surface area contributed by atoms with Crippen molar-refractivity contribution in [1.82, 2.24) is 4.90 Å². The number of carbonyl (C=O) groups is 1. The highest BCUT2D eigenvalue weighted by Crippen LogP contribution is 2.22. The van der Waals surface area contributed by atoms with Crippen molar-refractivity contribution in [3.05, 3.63) is 63.1 Å². The second kappa shape index (κ2) is 7.95. The zero-order chi connectivity index (χ0) is 17.9. The molecule has 0 aliphatic rings. The Hall–Kier alpha value is -1.65. The Morgan fingerprint density at radius 3 is 2.21 bits per heavy atom. The normalized spacial score (nSPS) is 12.3. The SMILES string of the molecule is Cc1cc(C)c(NC(=O)[C@@H](C)N(C)Cc2ccc(Br)cc2)c(C)c1. The van der Waals surface area contributed by atoms with Crippen LogP contribution < -0.4 is 5.32 Å². The molecule has 4 heteroatoms. The van der Waals surface area contributed by atoms with E-state index in [9.17, 15) is 4.79 Å². The first-order chi connectivity index (χ1) is 11.3. The second-order valence-electron chi connectivity index (χ2n) is 6.48. The molecule has 0 aliphatic carbocycles. The third-order valence-electron chi connectivity index (χ3n) is 4.31. The van der Waals surface area contributed by atoms with Crippen LogP contribution in [0.5, 0.6) is 0 Å². The number of hydrogen-bond acceptors (Lipinski definition) is 2. The first kappa shape index (κ1) is 18.7. The Morgan fingerprint density at radius 2 is 1.67 bits per heavy atom. The summed E-state index contributed by atoms with van der Waals surface area (Å²) in [6, 6.07) is 12.2. The van der Waals surface area contributed by atoms with E-state index in [1.54, 1.807) is 0 Å². The maximum atomic E-state index is 12.6. The van der Waals surface area contributed by atoms with Gasteiger partial charge >= 0.3 is 0 Å². The van der Waals surface area contributed by atoms with Crippen molar-refractivity contribution < 1.29 is 4.79 Å². The molecule has 1 amide bonds. The molecule has 0 bridgehead atoms. The van der Waals surface area contributed by atoms with Crippen LogP contribution in [0.2, 0.25) is 0 Å². The van der Waals surface area contributed by atoms with E-state index in [-0.39, 0.29) is 11.9 Å². The van der Waals surface area contributed by atoms with Gasteiger partial charge in [-0.2, -0.15) is 0 Å². The van der Waals surface area contributed by atoms with Crippen molar-refractivity contribution in [2.75, 3.05) is 12.4 Å². The minimum absolute atomic E-state index is 0.0182. The third kappa shape index (κ3) is 4.68. The van der Waals surface area contributed by atoms with Crippen LogP contribution in [0.4, 0.5) is 5.69 Å². The number of rotatable bonds is 5. The minimum Gasteiger partial charge on any atom is -0.324 e. The lowest BCUT2D eigenvalue weighted by atomic mass is 10.0. The standard InChI is InChI=1S/C20H25BrN2O/c1-13-10-14(2)19(15(3)11-13)22-20(24)16(4)23(5)12-17-6-8-18(21)9-7-17/h6-11,16H,12H2,1-5H3,(H,22,24)/t16-/m1/s1. The molecule has 2 aromatic carbocycles. The van der Waals surface area contributed by atoms with Gasteiger partial charge < -0.3 is 5.32 Å². The van der Waals surface area contributed by atoms with Crippen LogP contribution in [0.1, 0.15) is 29.2 Å². The first-order valence-corrected chi connectivity index (χ1v) is 8.90. The van der Waals surface area contributed by atoms with Crippen molar-refractivity contribution in [1.29, 1.82) is 0 Å². The number of hydrogen-bond donors (Lipinski definition) is 1. The molecule has 0 saturated carbocycles. The number of likely N-dealkylation sites (N-methyl/N-ethyl adjacent to an activating group) is 1. The summed E-state index contributed by atoms with van der Waals surface area (Å²) in [4.78, 5) is 14.7. The van der Waals surface area contributed by atoms with E-state index in [2.05, 4.69) is 57.3 Å². The van der Waals surface area contributed by atoms with Gasteiger partial charge in [-0.25, -0.2) is 0 Å². The molecule has 0 aliphatic heterocycles. The molecule has 24 heavy (non-hydrogen) atoms. The summed E-state index contributed by atoms with van der Waals surface area (Å²) in [5, 5.41) is 3.09. The van der Waals surface area contributed by atoms with Gasteiger partial charge in [0.2, 0.25) is 5.91 Å². The van der Waals surface area contributed by atoms with Crippen molar-refractivity contribution in [3.8, 4) is 0 Å². The maximum Gasteiger partial charge on any atom is 0.241 e. The summed E-state index contributed by atoms with van der Waals surface area (Å²) in [7, 11) is 1.97. The van der Waals surface area contributed by atoms with Crippen molar-refractivity contribution in [2.45, 2.75) is 40.3 Å². The molecule has 2 rings (SSSR count). The van der Waals surface area contributed by atoms with Gasteiger partial charge in [-0.3, -0.25) is 9.69 Å². The Kier molecular flexibility index (Phi) is 6.19. The van der Waals surface area contributed by atoms with E-state index in [4.69, 9.17) is 0 Å². The molecule has 1 N–H and O–H groups in total. The highest BCUT2D eigenvalue weighted by Gasteiger charge is 2.19. The molecule has 1 atom stereocenters. The largest absolute Gasteiger partial charge is 0.324 e. The predicted molar refractivity (Wildman–Crippen MR) is 104 cm³/mol. The zero-order valence-corrected chi connectivity index (χ0v) is 16.6. The van der Waals surface area contributed by atoms with Crippen molar-refractivity contribution in [3.63, 3.8) is 0 Å². The molecular weight excluding hydrogens is 364 g/mol. The smallest absolute Gasteiger partial charge is 0.241 e. The van der Waals surface area contributed by atoms with Gasteiger partial charge in [0.1, 0.15) is 0 Å². The molecule has 0 fully saturated rings. The monoisotopic (exact) mass is 388 g/mol. The van der Waals surface area contributed by atoms with Gasteiger partial charge in [0, 0.05) is 16.7 Å². The maximum absolute atomic E-state index is 12.6. The summed E-state index contributed by atoms with van der Waals surface area (Å²) < 4.78 is 1.06. The quantitative estimate of drug-likeness (QED) is 0.794. The average Bonchev–Trinajstić information content (AvgIpc) is 2.52. The summed E-state index contributed by atoms with van der Waals surface area (Å²) in [6.45, 7) is 8.80. The number of amides is 1. The zero-order valence-electron chi connectivity index (χ0n) is 15.0. The summed E-state index contributed by atoms with van der Waals surface area (Å²) >= 11 is 3.44. The van der Waals surface area contributed by atoms with Crippen LogP contribution in [0.3, 0.4) is 0 Å². The second-order valence-corrected chi connectivity index (χ2v) is 7.40. The van der Waals surface area contributed by atoms with Crippen molar-refractivity contribution in [2.24, 2.45) is 0 Å².